The molecule has 1 N–H and O–H groups in total. The number of benzene rings is 2. The molecule has 27 heavy (non-hydrogen) atoms. The van der Waals surface area contributed by atoms with Gasteiger partial charge in [-0.3, -0.25) is 4.79 Å². The van der Waals surface area contributed by atoms with E-state index in [1.807, 2.05) is 19.1 Å². The van der Waals surface area contributed by atoms with Gasteiger partial charge in [0.1, 0.15) is 0 Å². The molecule has 0 radical (unpaired) electrons. The van der Waals surface area contributed by atoms with Crippen LogP contribution >= 0.6 is 0 Å². The van der Waals surface area contributed by atoms with Crippen LogP contribution < -0.4 is 14.8 Å². The number of para-hydroxylation sites is 2. The van der Waals surface area contributed by atoms with Gasteiger partial charge in [-0.2, -0.15) is 0 Å². The Hall–Kier alpha value is -3.02. The highest BCUT2D eigenvalue weighted by Crippen LogP contribution is 2.27. The summed E-state index contributed by atoms with van der Waals surface area (Å²) in [5.41, 5.74) is 0.624. The fourth-order valence-electron chi connectivity index (χ4n) is 2.55. The van der Waals surface area contributed by atoms with Crippen molar-refractivity contribution >= 4 is 11.9 Å². The predicted molar refractivity (Wildman–Crippen MR) is 99.5 cm³/mol. The summed E-state index contributed by atoms with van der Waals surface area (Å²) >= 11 is 0. The topological polar surface area (TPSA) is 73.9 Å². The van der Waals surface area contributed by atoms with Gasteiger partial charge in [0.2, 0.25) is 6.10 Å². The number of rotatable bonds is 9. The Morgan fingerprint density at radius 2 is 1.63 bits per heavy atom. The molecule has 1 fully saturated rings. The van der Waals surface area contributed by atoms with Gasteiger partial charge in [-0.15, -0.1) is 0 Å². The van der Waals surface area contributed by atoms with Crippen LogP contribution in [0.5, 0.6) is 11.5 Å². The maximum absolute atomic E-state index is 12.5. The van der Waals surface area contributed by atoms with Crippen molar-refractivity contribution in [3.8, 4) is 11.5 Å². The summed E-state index contributed by atoms with van der Waals surface area (Å²) in [7, 11) is 0. The number of hydrogen-bond donors (Lipinski definition) is 1. The maximum atomic E-state index is 12.5. The summed E-state index contributed by atoms with van der Waals surface area (Å²) in [6, 6.07) is 16.2. The van der Waals surface area contributed by atoms with Gasteiger partial charge in [0.25, 0.3) is 5.91 Å². The van der Waals surface area contributed by atoms with Crippen molar-refractivity contribution in [3.05, 3.63) is 60.2 Å². The van der Waals surface area contributed by atoms with E-state index in [0.29, 0.717) is 23.7 Å². The van der Waals surface area contributed by atoms with Gasteiger partial charge in [0.15, 0.2) is 18.1 Å². The van der Waals surface area contributed by atoms with Gasteiger partial charge in [0.05, 0.1) is 6.61 Å². The highest BCUT2D eigenvalue weighted by atomic mass is 16.6. The van der Waals surface area contributed by atoms with Crippen molar-refractivity contribution in [2.24, 2.45) is 0 Å². The molecular weight excluding hydrogens is 346 g/mol. The van der Waals surface area contributed by atoms with Crippen LogP contribution in [0.1, 0.15) is 31.4 Å². The Morgan fingerprint density at radius 3 is 2.26 bits per heavy atom. The van der Waals surface area contributed by atoms with Crippen LogP contribution in [0.15, 0.2) is 54.6 Å². The molecule has 0 spiro atoms. The van der Waals surface area contributed by atoms with Crippen molar-refractivity contribution in [1.29, 1.82) is 0 Å². The average molecular weight is 369 g/mol. The minimum absolute atomic E-state index is 0.178. The second-order valence-corrected chi connectivity index (χ2v) is 6.23. The molecule has 0 aliphatic heterocycles. The molecule has 6 nitrogen and oxygen atoms in total. The highest BCUT2D eigenvalue weighted by molar-refractivity contribution is 5.85. The van der Waals surface area contributed by atoms with Crippen molar-refractivity contribution in [3.63, 3.8) is 0 Å². The maximum Gasteiger partial charge on any atom is 0.345 e. The predicted octanol–water partition coefficient (Wildman–Crippen LogP) is 3.03. The third-order valence-corrected chi connectivity index (χ3v) is 4.01. The van der Waals surface area contributed by atoms with E-state index < -0.39 is 12.1 Å². The second-order valence-electron chi connectivity index (χ2n) is 6.23. The normalized spacial score (nSPS) is 14.1. The third-order valence-electron chi connectivity index (χ3n) is 4.01. The minimum atomic E-state index is -0.995. The zero-order chi connectivity index (χ0) is 19.1. The van der Waals surface area contributed by atoms with Crippen LogP contribution in [-0.2, 0) is 14.3 Å². The smallest absolute Gasteiger partial charge is 0.345 e. The van der Waals surface area contributed by atoms with E-state index in [9.17, 15) is 9.59 Å². The van der Waals surface area contributed by atoms with Gasteiger partial charge < -0.3 is 19.5 Å². The Morgan fingerprint density at radius 1 is 1.00 bits per heavy atom. The van der Waals surface area contributed by atoms with Crippen molar-refractivity contribution in [2.45, 2.75) is 31.9 Å². The molecule has 2 aromatic carbocycles. The number of carbonyl (C=O) groups excluding carboxylic acids is 2. The molecule has 0 saturated heterocycles. The molecule has 2 aromatic rings. The number of amides is 1. The second kappa shape index (κ2) is 9.07. The Balaban J connectivity index is 1.63. The Bertz CT molecular complexity index is 773. The molecule has 0 unspecified atom stereocenters. The Kier molecular flexibility index (Phi) is 6.30. The molecule has 3 rings (SSSR count). The van der Waals surface area contributed by atoms with Crippen LogP contribution in [0.4, 0.5) is 0 Å². The number of esters is 1. The summed E-state index contributed by atoms with van der Waals surface area (Å²) in [6.07, 6.45) is 0.918. The molecule has 142 valence electrons. The molecule has 1 amide bonds. The molecule has 1 atom stereocenters. The molecule has 0 heterocycles. The number of hydrogen-bond acceptors (Lipinski definition) is 5. The van der Waals surface area contributed by atoms with Gasteiger partial charge in [-0.1, -0.05) is 42.5 Å². The zero-order valence-electron chi connectivity index (χ0n) is 15.2. The van der Waals surface area contributed by atoms with E-state index in [4.69, 9.17) is 14.2 Å². The lowest BCUT2D eigenvalue weighted by atomic mass is 10.1. The molecule has 1 aliphatic carbocycles. The number of nitrogens with one attached hydrogen (secondary N) is 1. The fourth-order valence-corrected chi connectivity index (χ4v) is 2.55. The van der Waals surface area contributed by atoms with E-state index in [1.165, 1.54) is 0 Å². The van der Waals surface area contributed by atoms with Gasteiger partial charge in [-0.25, -0.2) is 4.79 Å². The van der Waals surface area contributed by atoms with Gasteiger partial charge in [0, 0.05) is 11.6 Å². The molecular formula is C21H23NO5. The SMILES string of the molecule is CCOc1ccccc1OCC(=O)O[C@H](C(=O)NC1CC1)c1ccccc1. The lowest BCUT2D eigenvalue weighted by Crippen LogP contribution is -2.34. The van der Waals surface area contributed by atoms with Crippen LogP contribution in [-0.4, -0.2) is 31.1 Å². The van der Waals surface area contributed by atoms with Gasteiger partial charge >= 0.3 is 5.97 Å². The van der Waals surface area contributed by atoms with Crippen LogP contribution in [0.2, 0.25) is 0 Å². The van der Waals surface area contributed by atoms with Crippen LogP contribution in [0.3, 0.4) is 0 Å². The van der Waals surface area contributed by atoms with Crippen molar-refractivity contribution < 1.29 is 23.8 Å². The number of carbonyl (C=O) groups is 2. The first-order valence-corrected chi connectivity index (χ1v) is 9.06. The standard InChI is InChI=1S/C21H23NO5/c1-2-25-17-10-6-7-11-18(17)26-14-19(23)27-20(15-8-4-3-5-9-15)21(24)22-16-12-13-16/h3-11,16,20H,2,12-14H2,1H3,(H,22,24)/t20-/m0/s1. The van der Waals surface area contributed by atoms with Gasteiger partial charge in [-0.05, 0) is 31.9 Å². The van der Waals surface area contributed by atoms with Crippen molar-refractivity contribution in [1.82, 2.24) is 5.32 Å². The quantitative estimate of drug-likeness (QED) is 0.688. The largest absolute Gasteiger partial charge is 0.490 e. The lowest BCUT2D eigenvalue weighted by molar-refractivity contribution is -0.158. The first kappa shape index (κ1) is 18.8. The number of ether oxygens (including phenoxy) is 3. The zero-order valence-corrected chi connectivity index (χ0v) is 15.2. The molecule has 1 aliphatic rings. The molecule has 6 heteroatoms. The van der Waals surface area contributed by atoms with E-state index in [0.717, 1.165) is 12.8 Å². The van der Waals surface area contributed by atoms with E-state index in [2.05, 4.69) is 5.32 Å². The van der Waals surface area contributed by atoms with E-state index in [-0.39, 0.29) is 18.6 Å². The summed E-state index contributed by atoms with van der Waals surface area (Å²) in [6.45, 7) is 2.04. The van der Waals surface area contributed by atoms with Crippen molar-refractivity contribution in [2.75, 3.05) is 13.2 Å². The van der Waals surface area contributed by atoms with Crippen LogP contribution in [0.25, 0.3) is 0 Å². The summed E-state index contributed by atoms with van der Waals surface area (Å²) in [5, 5.41) is 2.88. The third kappa shape index (κ3) is 5.48. The lowest BCUT2D eigenvalue weighted by Gasteiger charge is -2.18. The summed E-state index contributed by atoms with van der Waals surface area (Å²) in [5.74, 6) is 0.0711. The first-order chi connectivity index (χ1) is 13.2. The highest BCUT2D eigenvalue weighted by Gasteiger charge is 2.30. The Labute approximate surface area is 158 Å². The minimum Gasteiger partial charge on any atom is -0.490 e. The molecule has 0 bridgehead atoms. The van der Waals surface area contributed by atoms with E-state index in [1.54, 1.807) is 42.5 Å². The summed E-state index contributed by atoms with van der Waals surface area (Å²) in [4.78, 5) is 24.8. The monoisotopic (exact) mass is 369 g/mol. The molecule has 1 saturated carbocycles. The van der Waals surface area contributed by atoms with E-state index >= 15 is 0 Å². The molecule has 0 aromatic heterocycles. The average Bonchev–Trinajstić information content (AvgIpc) is 3.50. The summed E-state index contributed by atoms with van der Waals surface area (Å²) < 4.78 is 16.4. The van der Waals surface area contributed by atoms with Crippen LogP contribution in [0, 0.1) is 0 Å². The fraction of sp³-hybridized carbons (Fsp3) is 0.333. The first-order valence-electron chi connectivity index (χ1n) is 9.06.